The van der Waals surface area contributed by atoms with E-state index in [1.165, 1.54) is 4.88 Å². The van der Waals surface area contributed by atoms with Gasteiger partial charge in [-0.2, -0.15) is 5.10 Å². The molecule has 4 nitrogen and oxygen atoms in total. The molecular formula is C9H12N4S. The highest BCUT2D eigenvalue weighted by Gasteiger charge is 2.07. The molecule has 14 heavy (non-hydrogen) atoms. The highest BCUT2D eigenvalue weighted by molar-refractivity contribution is 7.09. The Hall–Kier alpha value is -1.20. The predicted molar refractivity (Wildman–Crippen MR) is 56.1 cm³/mol. The summed E-state index contributed by atoms with van der Waals surface area (Å²) >= 11 is 1.72. The van der Waals surface area contributed by atoms with E-state index in [4.69, 9.17) is 5.73 Å². The number of hydrogen-bond donors (Lipinski definition) is 2. The average Bonchev–Trinajstić information content (AvgIpc) is 2.75. The van der Waals surface area contributed by atoms with E-state index in [0.29, 0.717) is 5.82 Å². The lowest BCUT2D eigenvalue weighted by Gasteiger charge is -1.94. The lowest BCUT2D eigenvalue weighted by molar-refractivity contribution is 0.744. The predicted octanol–water partition coefficient (Wildman–Crippen LogP) is 1.48. The topological polar surface area (TPSA) is 67.6 Å². The monoisotopic (exact) mass is 208 g/mol. The molecule has 0 saturated carbocycles. The SMILES string of the molecule is CC(N)c1n[nH]c(Cc2cccs2)n1. The molecule has 0 bridgehead atoms. The second-order valence-electron chi connectivity index (χ2n) is 3.19. The van der Waals surface area contributed by atoms with E-state index < -0.39 is 0 Å². The van der Waals surface area contributed by atoms with Crippen LogP contribution in [-0.2, 0) is 6.42 Å². The molecule has 0 saturated heterocycles. The van der Waals surface area contributed by atoms with Gasteiger partial charge in [-0.15, -0.1) is 11.3 Å². The summed E-state index contributed by atoms with van der Waals surface area (Å²) < 4.78 is 0. The molecule has 1 unspecified atom stereocenters. The highest BCUT2D eigenvalue weighted by Crippen LogP contribution is 2.12. The lowest BCUT2D eigenvalue weighted by atomic mass is 10.3. The van der Waals surface area contributed by atoms with Gasteiger partial charge in [0, 0.05) is 11.3 Å². The molecule has 0 spiro atoms. The zero-order valence-corrected chi connectivity index (χ0v) is 8.71. The van der Waals surface area contributed by atoms with E-state index in [-0.39, 0.29) is 6.04 Å². The molecule has 0 fully saturated rings. The molecule has 74 valence electrons. The van der Waals surface area contributed by atoms with Crippen molar-refractivity contribution in [3.63, 3.8) is 0 Å². The average molecular weight is 208 g/mol. The minimum absolute atomic E-state index is 0.108. The van der Waals surface area contributed by atoms with Crippen LogP contribution in [0.3, 0.4) is 0 Å². The molecule has 0 aliphatic carbocycles. The minimum atomic E-state index is -0.108. The molecule has 1 atom stereocenters. The standard InChI is InChI=1S/C9H12N4S/c1-6(10)9-11-8(12-13-9)5-7-3-2-4-14-7/h2-4,6H,5,10H2,1H3,(H,11,12,13). The lowest BCUT2D eigenvalue weighted by Crippen LogP contribution is -2.06. The first-order chi connectivity index (χ1) is 6.75. The van der Waals surface area contributed by atoms with Gasteiger partial charge in [0.05, 0.1) is 6.04 Å². The number of thiophene rings is 1. The summed E-state index contributed by atoms with van der Waals surface area (Å²) in [7, 11) is 0. The Balaban J connectivity index is 2.11. The Labute approximate surface area is 86.2 Å². The second kappa shape index (κ2) is 3.89. The van der Waals surface area contributed by atoms with Crippen LogP contribution >= 0.6 is 11.3 Å². The van der Waals surface area contributed by atoms with Crippen LogP contribution in [-0.4, -0.2) is 15.2 Å². The van der Waals surface area contributed by atoms with Crippen molar-refractivity contribution in [2.45, 2.75) is 19.4 Å². The van der Waals surface area contributed by atoms with Crippen molar-refractivity contribution < 1.29 is 0 Å². The third-order valence-corrected chi connectivity index (χ3v) is 2.75. The number of rotatable bonds is 3. The molecule has 0 aromatic carbocycles. The normalized spacial score (nSPS) is 13.0. The summed E-state index contributed by atoms with van der Waals surface area (Å²) in [6.45, 7) is 1.87. The first-order valence-electron chi connectivity index (χ1n) is 4.45. The van der Waals surface area contributed by atoms with Gasteiger partial charge in [-0.05, 0) is 18.4 Å². The third kappa shape index (κ3) is 2.00. The summed E-state index contributed by atoms with van der Waals surface area (Å²) in [6, 6.07) is 4.00. The Morgan fingerprint density at radius 1 is 1.64 bits per heavy atom. The van der Waals surface area contributed by atoms with Crippen molar-refractivity contribution in [1.82, 2.24) is 15.2 Å². The van der Waals surface area contributed by atoms with Gasteiger partial charge >= 0.3 is 0 Å². The summed E-state index contributed by atoms with van der Waals surface area (Å²) in [6.07, 6.45) is 0.803. The van der Waals surface area contributed by atoms with Crippen molar-refractivity contribution in [1.29, 1.82) is 0 Å². The number of aromatic nitrogens is 3. The smallest absolute Gasteiger partial charge is 0.167 e. The first-order valence-corrected chi connectivity index (χ1v) is 5.33. The maximum atomic E-state index is 5.66. The van der Waals surface area contributed by atoms with E-state index in [0.717, 1.165) is 12.2 Å². The van der Waals surface area contributed by atoms with Gasteiger partial charge in [0.1, 0.15) is 5.82 Å². The fraction of sp³-hybridized carbons (Fsp3) is 0.333. The zero-order valence-electron chi connectivity index (χ0n) is 7.90. The molecule has 2 rings (SSSR count). The van der Waals surface area contributed by atoms with Gasteiger partial charge in [-0.25, -0.2) is 4.98 Å². The minimum Gasteiger partial charge on any atom is -0.321 e. The second-order valence-corrected chi connectivity index (χ2v) is 4.22. The Morgan fingerprint density at radius 3 is 3.07 bits per heavy atom. The number of hydrogen-bond acceptors (Lipinski definition) is 4. The molecule has 2 aromatic heterocycles. The fourth-order valence-electron chi connectivity index (χ4n) is 1.17. The van der Waals surface area contributed by atoms with E-state index in [1.807, 2.05) is 13.0 Å². The van der Waals surface area contributed by atoms with Crippen molar-refractivity contribution in [2.75, 3.05) is 0 Å². The molecule has 3 N–H and O–H groups in total. The molecule has 0 amide bonds. The molecule has 0 aliphatic heterocycles. The zero-order chi connectivity index (χ0) is 9.97. The first kappa shape index (κ1) is 9.36. The van der Waals surface area contributed by atoms with Gasteiger partial charge in [-0.1, -0.05) is 6.07 Å². The van der Waals surface area contributed by atoms with Gasteiger partial charge < -0.3 is 5.73 Å². The van der Waals surface area contributed by atoms with Crippen LogP contribution in [0.25, 0.3) is 0 Å². The molecule has 2 aromatic rings. The summed E-state index contributed by atoms with van der Waals surface area (Å²) in [4.78, 5) is 5.57. The van der Waals surface area contributed by atoms with Gasteiger partial charge in [0.2, 0.25) is 0 Å². The molecule has 5 heteroatoms. The summed E-state index contributed by atoms with van der Waals surface area (Å²) in [5.74, 6) is 1.55. The van der Waals surface area contributed by atoms with E-state index in [2.05, 4.69) is 26.6 Å². The highest BCUT2D eigenvalue weighted by atomic mass is 32.1. The van der Waals surface area contributed by atoms with Crippen molar-refractivity contribution in [3.8, 4) is 0 Å². The summed E-state index contributed by atoms with van der Waals surface area (Å²) in [5.41, 5.74) is 5.66. The van der Waals surface area contributed by atoms with Gasteiger partial charge in [0.15, 0.2) is 5.82 Å². The Kier molecular flexibility index (Phi) is 2.60. The quantitative estimate of drug-likeness (QED) is 0.802. The molecule has 2 heterocycles. The number of nitrogens with two attached hydrogens (primary N) is 1. The largest absolute Gasteiger partial charge is 0.321 e. The van der Waals surface area contributed by atoms with Gasteiger partial charge in [-0.3, -0.25) is 5.10 Å². The number of nitrogens with one attached hydrogen (secondary N) is 1. The Morgan fingerprint density at radius 2 is 2.50 bits per heavy atom. The van der Waals surface area contributed by atoms with Crippen LogP contribution in [0.1, 0.15) is 29.5 Å². The van der Waals surface area contributed by atoms with E-state index >= 15 is 0 Å². The summed E-state index contributed by atoms with van der Waals surface area (Å²) in [5, 5.41) is 8.98. The van der Waals surface area contributed by atoms with Crippen molar-refractivity contribution in [3.05, 3.63) is 34.0 Å². The van der Waals surface area contributed by atoms with Crippen molar-refractivity contribution >= 4 is 11.3 Å². The number of aromatic amines is 1. The number of H-pyrrole nitrogens is 1. The van der Waals surface area contributed by atoms with Crippen LogP contribution in [0.2, 0.25) is 0 Å². The van der Waals surface area contributed by atoms with E-state index in [9.17, 15) is 0 Å². The number of nitrogens with zero attached hydrogens (tertiary/aromatic N) is 2. The Bertz CT molecular complexity index is 391. The molecule has 0 radical (unpaired) electrons. The van der Waals surface area contributed by atoms with Crippen LogP contribution in [0.4, 0.5) is 0 Å². The van der Waals surface area contributed by atoms with Crippen LogP contribution < -0.4 is 5.73 Å². The third-order valence-electron chi connectivity index (χ3n) is 1.88. The van der Waals surface area contributed by atoms with Crippen LogP contribution in [0, 0.1) is 0 Å². The maximum Gasteiger partial charge on any atom is 0.167 e. The van der Waals surface area contributed by atoms with Crippen LogP contribution in [0.15, 0.2) is 17.5 Å². The maximum absolute atomic E-state index is 5.66. The van der Waals surface area contributed by atoms with Crippen molar-refractivity contribution in [2.24, 2.45) is 5.73 Å². The van der Waals surface area contributed by atoms with Gasteiger partial charge in [0.25, 0.3) is 0 Å². The molecule has 0 aliphatic rings. The van der Waals surface area contributed by atoms with Crippen LogP contribution in [0.5, 0.6) is 0 Å². The van der Waals surface area contributed by atoms with E-state index in [1.54, 1.807) is 11.3 Å². The molecular weight excluding hydrogens is 196 g/mol. The fourth-order valence-corrected chi connectivity index (χ4v) is 1.88.